The van der Waals surface area contributed by atoms with Crippen LogP contribution in [-0.4, -0.2) is 4.98 Å². The lowest BCUT2D eigenvalue weighted by atomic mass is 10.0. The van der Waals surface area contributed by atoms with Crippen molar-refractivity contribution in [3.63, 3.8) is 0 Å². The summed E-state index contributed by atoms with van der Waals surface area (Å²) in [5.41, 5.74) is 5.09. The van der Waals surface area contributed by atoms with E-state index in [0.717, 1.165) is 16.5 Å². The van der Waals surface area contributed by atoms with Crippen LogP contribution < -0.4 is 11.3 Å². The average Bonchev–Trinajstić information content (AvgIpc) is 2.38. The van der Waals surface area contributed by atoms with Crippen LogP contribution in [0.3, 0.4) is 0 Å². The lowest BCUT2D eigenvalue weighted by Gasteiger charge is -2.18. The molecule has 0 aliphatic rings. The van der Waals surface area contributed by atoms with E-state index in [1.165, 1.54) is 5.56 Å². The average molecular weight is 327 g/mol. The molecule has 1 aromatic carbocycles. The number of hydrazine groups is 1. The van der Waals surface area contributed by atoms with Crippen molar-refractivity contribution in [2.75, 3.05) is 0 Å². The van der Waals surface area contributed by atoms with Gasteiger partial charge < -0.3 is 0 Å². The predicted molar refractivity (Wildman–Crippen MR) is 77.2 cm³/mol. The monoisotopic (exact) mass is 325 g/mol. The van der Waals surface area contributed by atoms with Crippen LogP contribution in [0.25, 0.3) is 0 Å². The van der Waals surface area contributed by atoms with Gasteiger partial charge in [0.15, 0.2) is 0 Å². The molecular formula is C13H13BrClN3. The smallest absolute Gasteiger partial charge is 0.0511 e. The molecule has 5 heteroatoms. The van der Waals surface area contributed by atoms with Crippen molar-refractivity contribution in [1.82, 2.24) is 10.4 Å². The second-order valence-electron chi connectivity index (χ2n) is 3.94. The highest BCUT2D eigenvalue weighted by molar-refractivity contribution is 9.10. The van der Waals surface area contributed by atoms with Crippen molar-refractivity contribution in [3.05, 3.63) is 63.3 Å². The van der Waals surface area contributed by atoms with Gasteiger partial charge in [0.05, 0.1) is 6.04 Å². The van der Waals surface area contributed by atoms with Crippen LogP contribution in [0, 0.1) is 0 Å². The Morgan fingerprint density at radius 1 is 1.28 bits per heavy atom. The minimum absolute atomic E-state index is 0.0269. The van der Waals surface area contributed by atoms with Crippen molar-refractivity contribution in [2.24, 2.45) is 5.84 Å². The van der Waals surface area contributed by atoms with Crippen molar-refractivity contribution in [1.29, 1.82) is 0 Å². The molecule has 0 saturated carbocycles. The highest BCUT2D eigenvalue weighted by atomic mass is 79.9. The Kier molecular flexibility index (Phi) is 4.72. The zero-order valence-corrected chi connectivity index (χ0v) is 11.9. The number of nitrogens with two attached hydrogens (primary N) is 1. The van der Waals surface area contributed by atoms with Crippen LogP contribution in [-0.2, 0) is 6.42 Å². The maximum atomic E-state index is 5.94. The summed E-state index contributed by atoms with van der Waals surface area (Å²) in [5, 5.41) is 0.699. The maximum Gasteiger partial charge on any atom is 0.0511 e. The molecule has 1 atom stereocenters. The molecule has 0 bridgehead atoms. The van der Waals surface area contributed by atoms with E-state index < -0.39 is 0 Å². The standard InChI is InChI=1S/C13H13BrClN3/c14-12-8-10(15)1-2-11(12)13(18-16)7-9-3-5-17-6-4-9/h1-6,8,13,18H,7,16H2. The molecule has 1 unspecified atom stereocenters. The Balaban J connectivity index is 2.23. The minimum atomic E-state index is 0.0269. The number of benzene rings is 1. The van der Waals surface area contributed by atoms with Crippen LogP contribution in [0.4, 0.5) is 0 Å². The largest absolute Gasteiger partial charge is 0.271 e. The van der Waals surface area contributed by atoms with E-state index in [0.29, 0.717) is 5.02 Å². The fraction of sp³-hybridized carbons (Fsp3) is 0.154. The normalized spacial score (nSPS) is 12.4. The molecule has 3 nitrogen and oxygen atoms in total. The number of rotatable bonds is 4. The fourth-order valence-electron chi connectivity index (χ4n) is 1.80. The zero-order valence-electron chi connectivity index (χ0n) is 9.61. The van der Waals surface area contributed by atoms with E-state index in [2.05, 4.69) is 26.3 Å². The van der Waals surface area contributed by atoms with E-state index in [-0.39, 0.29) is 6.04 Å². The highest BCUT2D eigenvalue weighted by Crippen LogP contribution is 2.28. The molecule has 0 aliphatic carbocycles. The van der Waals surface area contributed by atoms with Crippen molar-refractivity contribution < 1.29 is 0 Å². The predicted octanol–water partition coefficient (Wildman–Crippen LogP) is 3.24. The van der Waals surface area contributed by atoms with Gasteiger partial charge in [-0.15, -0.1) is 0 Å². The SMILES string of the molecule is NNC(Cc1ccncc1)c1ccc(Cl)cc1Br. The number of aromatic nitrogens is 1. The van der Waals surface area contributed by atoms with E-state index >= 15 is 0 Å². The second kappa shape index (κ2) is 6.29. The number of hydrogen-bond acceptors (Lipinski definition) is 3. The van der Waals surface area contributed by atoms with Crippen LogP contribution in [0.1, 0.15) is 17.2 Å². The molecule has 3 N–H and O–H groups in total. The Hall–Kier alpha value is -0.940. The molecule has 0 spiro atoms. The Morgan fingerprint density at radius 2 is 2.00 bits per heavy atom. The van der Waals surface area contributed by atoms with Crippen molar-refractivity contribution >= 4 is 27.5 Å². The van der Waals surface area contributed by atoms with Gasteiger partial charge in [-0.05, 0) is 41.8 Å². The summed E-state index contributed by atoms with van der Waals surface area (Å²) in [7, 11) is 0. The number of nitrogens with zero attached hydrogens (tertiary/aromatic N) is 1. The topological polar surface area (TPSA) is 50.9 Å². The second-order valence-corrected chi connectivity index (χ2v) is 5.24. The third-order valence-corrected chi connectivity index (χ3v) is 3.65. The fourth-order valence-corrected chi connectivity index (χ4v) is 2.76. The molecule has 2 aromatic rings. The quantitative estimate of drug-likeness (QED) is 0.670. The lowest BCUT2D eigenvalue weighted by Crippen LogP contribution is -2.29. The maximum absolute atomic E-state index is 5.94. The summed E-state index contributed by atoms with van der Waals surface area (Å²) in [5.74, 6) is 5.64. The van der Waals surface area contributed by atoms with Gasteiger partial charge in [0.25, 0.3) is 0 Å². The number of halogens is 2. The summed E-state index contributed by atoms with van der Waals surface area (Å²) in [6.07, 6.45) is 4.35. The first-order valence-electron chi connectivity index (χ1n) is 5.50. The molecule has 0 fully saturated rings. The third-order valence-electron chi connectivity index (χ3n) is 2.73. The number of pyridine rings is 1. The van der Waals surface area contributed by atoms with Gasteiger partial charge in [-0.1, -0.05) is 33.6 Å². The third kappa shape index (κ3) is 3.29. The Bertz CT molecular complexity index is 519. The first-order valence-corrected chi connectivity index (χ1v) is 6.68. The first-order chi connectivity index (χ1) is 8.70. The van der Waals surface area contributed by atoms with E-state index in [4.69, 9.17) is 17.4 Å². The zero-order chi connectivity index (χ0) is 13.0. The van der Waals surface area contributed by atoms with Crippen LogP contribution in [0.2, 0.25) is 5.02 Å². The van der Waals surface area contributed by atoms with Gasteiger partial charge in [-0.25, -0.2) is 0 Å². The molecule has 2 rings (SSSR count). The molecular weight excluding hydrogens is 314 g/mol. The number of hydrogen-bond donors (Lipinski definition) is 2. The minimum Gasteiger partial charge on any atom is -0.271 e. The summed E-state index contributed by atoms with van der Waals surface area (Å²) in [4.78, 5) is 4.00. The molecule has 1 aromatic heterocycles. The van der Waals surface area contributed by atoms with Crippen LogP contribution in [0.15, 0.2) is 47.2 Å². The van der Waals surface area contributed by atoms with Gasteiger partial charge in [-0.2, -0.15) is 0 Å². The van der Waals surface area contributed by atoms with Gasteiger partial charge in [0.1, 0.15) is 0 Å². The molecule has 0 radical (unpaired) electrons. The summed E-state index contributed by atoms with van der Waals surface area (Å²) in [6, 6.07) is 9.69. The number of nitrogens with one attached hydrogen (secondary N) is 1. The molecule has 94 valence electrons. The summed E-state index contributed by atoms with van der Waals surface area (Å²) >= 11 is 9.44. The van der Waals surface area contributed by atoms with Crippen molar-refractivity contribution in [3.8, 4) is 0 Å². The van der Waals surface area contributed by atoms with Gasteiger partial charge in [0.2, 0.25) is 0 Å². The molecule has 0 aliphatic heterocycles. The highest BCUT2D eigenvalue weighted by Gasteiger charge is 2.13. The molecule has 18 heavy (non-hydrogen) atoms. The Morgan fingerprint density at radius 3 is 2.61 bits per heavy atom. The summed E-state index contributed by atoms with van der Waals surface area (Å²) in [6.45, 7) is 0. The van der Waals surface area contributed by atoms with Crippen LogP contribution in [0.5, 0.6) is 0 Å². The molecule has 0 saturated heterocycles. The summed E-state index contributed by atoms with van der Waals surface area (Å²) < 4.78 is 0.951. The Labute approximate surface area is 119 Å². The van der Waals surface area contributed by atoms with Gasteiger partial charge in [-0.3, -0.25) is 16.3 Å². The van der Waals surface area contributed by atoms with E-state index in [1.807, 2.05) is 30.3 Å². The van der Waals surface area contributed by atoms with E-state index in [1.54, 1.807) is 12.4 Å². The molecule has 0 amide bonds. The van der Waals surface area contributed by atoms with Crippen molar-refractivity contribution in [2.45, 2.75) is 12.5 Å². The van der Waals surface area contributed by atoms with Crippen LogP contribution >= 0.6 is 27.5 Å². The van der Waals surface area contributed by atoms with Gasteiger partial charge >= 0.3 is 0 Å². The van der Waals surface area contributed by atoms with Gasteiger partial charge in [0, 0.05) is 21.9 Å². The van der Waals surface area contributed by atoms with E-state index in [9.17, 15) is 0 Å². The lowest BCUT2D eigenvalue weighted by molar-refractivity contribution is 0.550. The first kappa shape index (κ1) is 13.5. The molecule has 1 heterocycles.